The molecule has 1 rings (SSSR count). The fourth-order valence-corrected chi connectivity index (χ4v) is 0.931. The van der Waals surface area contributed by atoms with E-state index >= 15 is 0 Å². The molecule has 0 radical (unpaired) electrons. The Morgan fingerprint density at radius 2 is 2.17 bits per heavy atom. The van der Waals surface area contributed by atoms with Gasteiger partial charge in [-0.15, -0.1) is 0 Å². The smallest absolute Gasteiger partial charge is 0.308 e. The minimum Gasteiger partial charge on any atom is -0.458 e. The van der Waals surface area contributed by atoms with Gasteiger partial charge in [-0.25, -0.2) is 0 Å². The summed E-state index contributed by atoms with van der Waals surface area (Å²) in [7, 11) is 0. The van der Waals surface area contributed by atoms with Crippen molar-refractivity contribution >= 4 is 12.4 Å². The molecule has 0 unspecified atom stereocenters. The highest BCUT2D eigenvalue weighted by atomic mass is 16.5. The first-order valence-corrected chi connectivity index (χ1v) is 4.03. The van der Waals surface area contributed by atoms with E-state index in [1.807, 2.05) is 0 Å². The summed E-state index contributed by atoms with van der Waals surface area (Å²) in [4.78, 5) is 22.7. The van der Waals surface area contributed by atoms with Gasteiger partial charge < -0.3 is 9.64 Å². The van der Waals surface area contributed by atoms with Crippen molar-refractivity contribution in [2.45, 2.75) is 20.0 Å². The van der Waals surface area contributed by atoms with E-state index in [2.05, 4.69) is 0 Å². The molecule has 0 aromatic carbocycles. The number of carbonyl (C=O) groups excluding carboxylic acids is 2. The summed E-state index contributed by atoms with van der Waals surface area (Å²) < 4.78 is 5.04. The first kappa shape index (κ1) is 9.03. The number of amides is 1. The zero-order valence-corrected chi connectivity index (χ0v) is 7.32. The van der Waals surface area contributed by atoms with Crippen molar-refractivity contribution in [1.82, 2.24) is 4.90 Å². The molecule has 0 aromatic rings. The topological polar surface area (TPSA) is 46.6 Å². The molecule has 0 atom stereocenters. The van der Waals surface area contributed by atoms with E-state index in [1.54, 1.807) is 18.7 Å². The predicted octanol–water partition coefficient (Wildman–Crippen LogP) is 0.0262. The highest BCUT2D eigenvalue weighted by molar-refractivity contribution is 5.71. The molecule has 1 fully saturated rings. The van der Waals surface area contributed by atoms with Crippen molar-refractivity contribution in [3.8, 4) is 0 Å². The number of nitrogens with zero attached hydrogens (tertiary/aromatic N) is 1. The van der Waals surface area contributed by atoms with E-state index in [1.165, 1.54) is 0 Å². The number of esters is 1. The zero-order chi connectivity index (χ0) is 9.14. The molecule has 1 aliphatic heterocycles. The van der Waals surface area contributed by atoms with Crippen molar-refractivity contribution in [1.29, 1.82) is 0 Å². The normalized spacial score (nSPS) is 17.4. The summed E-state index contributed by atoms with van der Waals surface area (Å²) in [6, 6.07) is 0. The summed E-state index contributed by atoms with van der Waals surface area (Å²) in [5.41, 5.74) is 0. The van der Waals surface area contributed by atoms with Crippen LogP contribution in [0.2, 0.25) is 0 Å². The monoisotopic (exact) mass is 171 g/mol. The van der Waals surface area contributed by atoms with Crippen LogP contribution in [-0.2, 0) is 14.3 Å². The highest BCUT2D eigenvalue weighted by Crippen LogP contribution is 2.11. The van der Waals surface area contributed by atoms with E-state index in [4.69, 9.17) is 4.74 Å². The lowest BCUT2D eigenvalue weighted by Gasteiger charge is -2.35. The Hall–Kier alpha value is -1.06. The Labute approximate surface area is 71.5 Å². The molecule has 0 saturated carbocycles. The maximum absolute atomic E-state index is 11.0. The molecule has 0 aromatic heterocycles. The summed E-state index contributed by atoms with van der Waals surface area (Å²) in [6.45, 7) is 4.67. The average molecular weight is 171 g/mol. The molecule has 12 heavy (non-hydrogen) atoms. The SMILES string of the molecule is CC(C)C(=O)OC1CN(C=O)C1. The largest absolute Gasteiger partial charge is 0.458 e. The summed E-state index contributed by atoms with van der Waals surface area (Å²) in [5.74, 6) is -0.277. The van der Waals surface area contributed by atoms with Crippen molar-refractivity contribution in [2.75, 3.05) is 13.1 Å². The molecule has 0 bridgehead atoms. The van der Waals surface area contributed by atoms with Crippen molar-refractivity contribution in [3.05, 3.63) is 0 Å². The van der Waals surface area contributed by atoms with Gasteiger partial charge in [0.25, 0.3) is 0 Å². The lowest BCUT2D eigenvalue weighted by Crippen LogP contribution is -2.52. The molecule has 68 valence electrons. The quantitative estimate of drug-likeness (QED) is 0.444. The van der Waals surface area contributed by atoms with Crippen molar-refractivity contribution in [2.24, 2.45) is 5.92 Å². The molecule has 1 heterocycles. The van der Waals surface area contributed by atoms with Gasteiger partial charge in [-0.1, -0.05) is 13.8 Å². The molecule has 0 N–H and O–H groups in total. The summed E-state index contributed by atoms with van der Waals surface area (Å²) >= 11 is 0. The maximum atomic E-state index is 11.0. The Morgan fingerprint density at radius 1 is 1.58 bits per heavy atom. The van der Waals surface area contributed by atoms with Crippen LogP contribution in [0.1, 0.15) is 13.8 Å². The Bertz CT molecular complexity index is 185. The number of hydrogen-bond donors (Lipinski definition) is 0. The molecule has 1 saturated heterocycles. The second kappa shape index (κ2) is 3.56. The second-order valence-electron chi connectivity index (χ2n) is 3.27. The van der Waals surface area contributed by atoms with Crippen LogP contribution >= 0.6 is 0 Å². The van der Waals surface area contributed by atoms with Crippen LogP contribution in [0, 0.1) is 5.92 Å². The third-order valence-corrected chi connectivity index (χ3v) is 1.78. The van der Waals surface area contributed by atoms with Gasteiger partial charge in [-0.05, 0) is 0 Å². The zero-order valence-electron chi connectivity index (χ0n) is 7.32. The molecule has 0 spiro atoms. The van der Waals surface area contributed by atoms with Crippen LogP contribution in [-0.4, -0.2) is 36.5 Å². The standard InChI is InChI=1S/C8H13NO3/c1-6(2)8(11)12-7-3-9(4-7)5-10/h5-7H,3-4H2,1-2H3. The molecule has 4 nitrogen and oxygen atoms in total. The van der Waals surface area contributed by atoms with Crippen LogP contribution in [0.4, 0.5) is 0 Å². The Balaban J connectivity index is 2.18. The van der Waals surface area contributed by atoms with Crippen molar-refractivity contribution in [3.63, 3.8) is 0 Å². The Kier molecular flexibility index (Phi) is 2.68. The number of ether oxygens (including phenoxy) is 1. The lowest BCUT2D eigenvalue weighted by molar-refractivity contribution is -0.163. The molecule has 1 aliphatic rings. The van der Waals surface area contributed by atoms with Crippen LogP contribution in [0.15, 0.2) is 0 Å². The number of hydrogen-bond acceptors (Lipinski definition) is 3. The maximum Gasteiger partial charge on any atom is 0.308 e. The van der Waals surface area contributed by atoms with Gasteiger partial charge in [0.1, 0.15) is 6.10 Å². The number of rotatable bonds is 3. The third kappa shape index (κ3) is 1.96. The molecular weight excluding hydrogens is 158 g/mol. The lowest BCUT2D eigenvalue weighted by atomic mass is 10.2. The van der Waals surface area contributed by atoms with Gasteiger partial charge in [0, 0.05) is 0 Å². The fraction of sp³-hybridized carbons (Fsp3) is 0.750. The van der Waals surface area contributed by atoms with E-state index in [0.29, 0.717) is 13.1 Å². The highest BCUT2D eigenvalue weighted by Gasteiger charge is 2.29. The minimum atomic E-state index is -0.189. The number of carbonyl (C=O) groups is 2. The first-order chi connectivity index (χ1) is 5.63. The summed E-state index contributed by atoms with van der Waals surface area (Å²) in [5, 5.41) is 0. The second-order valence-corrected chi connectivity index (χ2v) is 3.27. The van der Waals surface area contributed by atoms with Crippen LogP contribution < -0.4 is 0 Å². The van der Waals surface area contributed by atoms with Gasteiger partial charge in [0.05, 0.1) is 19.0 Å². The van der Waals surface area contributed by atoms with Gasteiger partial charge >= 0.3 is 5.97 Å². The van der Waals surface area contributed by atoms with Gasteiger partial charge in [-0.3, -0.25) is 9.59 Å². The molecule has 4 heteroatoms. The fourth-order valence-electron chi connectivity index (χ4n) is 0.931. The van der Waals surface area contributed by atoms with Gasteiger partial charge in [-0.2, -0.15) is 0 Å². The van der Waals surface area contributed by atoms with E-state index < -0.39 is 0 Å². The first-order valence-electron chi connectivity index (χ1n) is 4.03. The van der Waals surface area contributed by atoms with E-state index in [0.717, 1.165) is 6.41 Å². The van der Waals surface area contributed by atoms with E-state index in [-0.39, 0.29) is 18.0 Å². The molecule has 0 aliphatic carbocycles. The number of likely N-dealkylation sites (tertiary alicyclic amines) is 1. The Morgan fingerprint density at radius 3 is 2.58 bits per heavy atom. The van der Waals surface area contributed by atoms with Crippen molar-refractivity contribution < 1.29 is 14.3 Å². The molecule has 1 amide bonds. The molecular formula is C8H13NO3. The predicted molar refractivity (Wildman–Crippen MR) is 42.4 cm³/mol. The van der Waals surface area contributed by atoms with Gasteiger partial charge in [0.2, 0.25) is 6.41 Å². The van der Waals surface area contributed by atoms with Crippen LogP contribution in [0.5, 0.6) is 0 Å². The minimum absolute atomic E-state index is 0.0786. The summed E-state index contributed by atoms with van der Waals surface area (Å²) in [6.07, 6.45) is 0.685. The van der Waals surface area contributed by atoms with Crippen LogP contribution in [0.25, 0.3) is 0 Å². The van der Waals surface area contributed by atoms with Gasteiger partial charge in [0.15, 0.2) is 0 Å². The van der Waals surface area contributed by atoms with E-state index in [9.17, 15) is 9.59 Å². The van der Waals surface area contributed by atoms with Crippen LogP contribution in [0.3, 0.4) is 0 Å². The third-order valence-electron chi connectivity index (χ3n) is 1.78. The average Bonchev–Trinajstić information content (AvgIpc) is 1.94.